The fourth-order valence-electron chi connectivity index (χ4n) is 5.28. The van der Waals surface area contributed by atoms with Crippen molar-refractivity contribution in [2.75, 3.05) is 32.1 Å². The summed E-state index contributed by atoms with van der Waals surface area (Å²) >= 11 is 0. The first-order valence-corrected chi connectivity index (χ1v) is 13.4. The number of ether oxygens (including phenoxy) is 2. The van der Waals surface area contributed by atoms with Crippen molar-refractivity contribution < 1.29 is 19.1 Å². The third kappa shape index (κ3) is 5.74. The SMILES string of the molecule is CCOc1ccc(CC(=O)Nc2ccc(C3CCN(C(=O)c4cccc5c4cnn5C)CC3)cc2)cc1OC. The second-order valence-corrected chi connectivity index (χ2v) is 9.84. The van der Waals surface area contributed by atoms with E-state index in [-0.39, 0.29) is 18.2 Å². The number of rotatable bonds is 8. The molecular formula is C31H34N4O4. The Morgan fingerprint density at radius 2 is 1.79 bits per heavy atom. The standard InChI is InChI=1S/C31H34N4O4/c1-4-39-28-13-8-21(18-29(28)38-3)19-30(36)33-24-11-9-22(10-12-24)23-14-16-35(17-15-23)31(37)25-6-5-7-27-26(25)20-32-34(27)2/h5-13,18,20,23H,4,14-17,19H2,1-3H3,(H,33,36). The Morgan fingerprint density at radius 1 is 1.03 bits per heavy atom. The minimum absolute atomic E-state index is 0.0651. The molecule has 0 spiro atoms. The highest BCUT2D eigenvalue weighted by atomic mass is 16.5. The zero-order valence-electron chi connectivity index (χ0n) is 22.6. The number of nitrogens with zero attached hydrogens (tertiary/aromatic N) is 3. The maximum Gasteiger partial charge on any atom is 0.254 e. The van der Waals surface area contributed by atoms with E-state index in [1.165, 1.54) is 5.56 Å². The van der Waals surface area contributed by atoms with E-state index in [9.17, 15) is 9.59 Å². The Bertz CT molecular complexity index is 1470. The van der Waals surface area contributed by atoms with Crippen molar-refractivity contribution in [3.05, 3.63) is 83.6 Å². The van der Waals surface area contributed by atoms with Crippen LogP contribution in [0.5, 0.6) is 11.5 Å². The molecule has 1 aliphatic heterocycles. The molecule has 0 unspecified atom stereocenters. The number of aryl methyl sites for hydroxylation is 1. The van der Waals surface area contributed by atoms with Crippen molar-refractivity contribution in [3.8, 4) is 11.5 Å². The van der Waals surface area contributed by atoms with Crippen LogP contribution in [0.1, 0.15) is 47.2 Å². The minimum atomic E-state index is -0.0931. The van der Waals surface area contributed by atoms with Gasteiger partial charge in [0.2, 0.25) is 5.91 Å². The molecule has 0 saturated carbocycles. The van der Waals surface area contributed by atoms with Crippen LogP contribution in [-0.2, 0) is 18.3 Å². The molecule has 2 amide bonds. The van der Waals surface area contributed by atoms with Gasteiger partial charge in [-0.2, -0.15) is 5.10 Å². The van der Waals surface area contributed by atoms with Crippen molar-refractivity contribution >= 4 is 28.4 Å². The van der Waals surface area contributed by atoms with E-state index >= 15 is 0 Å². The smallest absolute Gasteiger partial charge is 0.254 e. The molecule has 202 valence electrons. The highest BCUT2D eigenvalue weighted by molar-refractivity contribution is 6.06. The molecule has 4 aromatic rings. The average Bonchev–Trinajstić information content (AvgIpc) is 3.35. The van der Waals surface area contributed by atoms with Crippen molar-refractivity contribution in [1.82, 2.24) is 14.7 Å². The number of methoxy groups -OCH3 is 1. The molecule has 1 N–H and O–H groups in total. The number of carbonyl (C=O) groups excluding carboxylic acids is 2. The number of fused-ring (bicyclic) bond motifs is 1. The van der Waals surface area contributed by atoms with Crippen molar-refractivity contribution in [2.45, 2.75) is 32.1 Å². The molecule has 0 bridgehead atoms. The molecule has 2 heterocycles. The van der Waals surface area contributed by atoms with Gasteiger partial charge in [0.1, 0.15) is 0 Å². The van der Waals surface area contributed by atoms with E-state index in [0.29, 0.717) is 42.7 Å². The summed E-state index contributed by atoms with van der Waals surface area (Å²) in [6.45, 7) is 3.89. The Labute approximate surface area is 228 Å². The monoisotopic (exact) mass is 526 g/mol. The number of likely N-dealkylation sites (tertiary alicyclic amines) is 1. The molecule has 39 heavy (non-hydrogen) atoms. The molecule has 3 aromatic carbocycles. The lowest BCUT2D eigenvalue weighted by atomic mass is 9.89. The predicted molar refractivity (Wildman–Crippen MR) is 152 cm³/mol. The molecule has 1 saturated heterocycles. The molecule has 0 radical (unpaired) electrons. The Kier molecular flexibility index (Phi) is 7.81. The van der Waals surface area contributed by atoms with Crippen LogP contribution in [0.25, 0.3) is 10.9 Å². The summed E-state index contributed by atoms with van der Waals surface area (Å²) in [4.78, 5) is 27.9. The number of hydrogen-bond donors (Lipinski definition) is 1. The first-order chi connectivity index (χ1) is 19.0. The van der Waals surface area contributed by atoms with Gasteiger partial charge in [0, 0.05) is 31.2 Å². The summed E-state index contributed by atoms with van der Waals surface area (Å²) in [6, 6.07) is 19.4. The Hall–Kier alpha value is -4.33. The van der Waals surface area contributed by atoms with Gasteiger partial charge in [0.25, 0.3) is 5.91 Å². The number of amides is 2. The van der Waals surface area contributed by atoms with Crippen LogP contribution in [0.2, 0.25) is 0 Å². The third-order valence-electron chi connectivity index (χ3n) is 7.36. The summed E-state index contributed by atoms with van der Waals surface area (Å²) in [5, 5.41) is 8.19. The highest BCUT2D eigenvalue weighted by Gasteiger charge is 2.26. The van der Waals surface area contributed by atoms with Gasteiger partial charge in [0.05, 0.1) is 37.4 Å². The summed E-state index contributed by atoms with van der Waals surface area (Å²) < 4.78 is 12.7. The van der Waals surface area contributed by atoms with Crippen LogP contribution in [0.4, 0.5) is 5.69 Å². The van der Waals surface area contributed by atoms with E-state index in [1.54, 1.807) is 18.0 Å². The summed E-state index contributed by atoms with van der Waals surface area (Å²) in [5.41, 5.74) is 4.51. The number of benzene rings is 3. The Morgan fingerprint density at radius 3 is 2.51 bits per heavy atom. The average molecular weight is 527 g/mol. The van der Waals surface area contributed by atoms with Gasteiger partial charge in [0.15, 0.2) is 11.5 Å². The van der Waals surface area contributed by atoms with E-state index in [2.05, 4.69) is 22.5 Å². The van der Waals surface area contributed by atoms with Gasteiger partial charge >= 0.3 is 0 Å². The lowest BCUT2D eigenvalue weighted by molar-refractivity contribution is -0.115. The second-order valence-electron chi connectivity index (χ2n) is 9.84. The topological polar surface area (TPSA) is 85.7 Å². The van der Waals surface area contributed by atoms with Crippen molar-refractivity contribution in [1.29, 1.82) is 0 Å². The van der Waals surface area contributed by atoms with E-state index in [1.807, 2.05) is 67.4 Å². The van der Waals surface area contributed by atoms with Gasteiger partial charge in [-0.3, -0.25) is 14.3 Å². The molecular weight excluding hydrogens is 492 g/mol. The number of carbonyl (C=O) groups is 2. The van der Waals surface area contributed by atoms with Crippen molar-refractivity contribution in [3.63, 3.8) is 0 Å². The zero-order valence-corrected chi connectivity index (χ0v) is 22.6. The van der Waals surface area contributed by atoms with Gasteiger partial charge in [-0.25, -0.2) is 0 Å². The maximum absolute atomic E-state index is 13.3. The van der Waals surface area contributed by atoms with E-state index in [4.69, 9.17) is 9.47 Å². The normalized spacial score (nSPS) is 13.9. The fraction of sp³-hybridized carbons (Fsp3) is 0.323. The lowest BCUT2D eigenvalue weighted by Gasteiger charge is -2.32. The van der Waals surface area contributed by atoms with Crippen LogP contribution >= 0.6 is 0 Å². The fourth-order valence-corrected chi connectivity index (χ4v) is 5.28. The largest absolute Gasteiger partial charge is 0.493 e. The first-order valence-electron chi connectivity index (χ1n) is 13.4. The van der Waals surface area contributed by atoms with Crippen LogP contribution in [-0.4, -0.2) is 53.3 Å². The quantitative estimate of drug-likeness (QED) is 0.342. The second kappa shape index (κ2) is 11.6. The van der Waals surface area contributed by atoms with E-state index in [0.717, 1.165) is 35.0 Å². The van der Waals surface area contributed by atoms with Gasteiger partial charge in [-0.05, 0) is 73.2 Å². The maximum atomic E-state index is 13.3. The van der Waals surface area contributed by atoms with Gasteiger partial charge < -0.3 is 19.7 Å². The molecule has 1 aromatic heterocycles. The predicted octanol–water partition coefficient (Wildman–Crippen LogP) is 5.18. The number of nitrogens with one attached hydrogen (secondary N) is 1. The summed E-state index contributed by atoms with van der Waals surface area (Å²) in [5.74, 6) is 1.64. The minimum Gasteiger partial charge on any atom is -0.493 e. The number of hydrogen-bond acceptors (Lipinski definition) is 5. The number of aromatic nitrogens is 2. The van der Waals surface area contributed by atoms with Crippen LogP contribution in [0.15, 0.2) is 66.9 Å². The molecule has 8 nitrogen and oxygen atoms in total. The summed E-state index contributed by atoms with van der Waals surface area (Å²) in [6.07, 6.45) is 3.81. The molecule has 0 atom stereocenters. The van der Waals surface area contributed by atoms with Gasteiger partial charge in [-0.15, -0.1) is 0 Å². The summed E-state index contributed by atoms with van der Waals surface area (Å²) in [7, 11) is 3.48. The van der Waals surface area contributed by atoms with Gasteiger partial charge in [-0.1, -0.05) is 24.3 Å². The first kappa shape index (κ1) is 26.3. The highest BCUT2D eigenvalue weighted by Crippen LogP contribution is 2.31. The number of piperidine rings is 1. The lowest BCUT2D eigenvalue weighted by Crippen LogP contribution is -2.38. The third-order valence-corrected chi connectivity index (χ3v) is 7.36. The molecule has 8 heteroatoms. The molecule has 5 rings (SSSR count). The molecule has 1 fully saturated rings. The van der Waals surface area contributed by atoms with Crippen molar-refractivity contribution in [2.24, 2.45) is 7.05 Å². The molecule has 1 aliphatic rings. The molecule has 0 aliphatic carbocycles. The van der Waals surface area contributed by atoms with Crippen LogP contribution in [0.3, 0.4) is 0 Å². The Balaban J connectivity index is 1.15. The zero-order chi connectivity index (χ0) is 27.4. The van der Waals surface area contributed by atoms with Crippen LogP contribution in [0, 0.1) is 0 Å². The van der Waals surface area contributed by atoms with Crippen LogP contribution < -0.4 is 14.8 Å². The number of anilines is 1. The van der Waals surface area contributed by atoms with E-state index < -0.39 is 0 Å².